The van der Waals surface area contributed by atoms with Gasteiger partial charge < -0.3 is 15.2 Å². The lowest BCUT2D eigenvalue weighted by Crippen LogP contribution is -2.52. The van der Waals surface area contributed by atoms with Crippen molar-refractivity contribution >= 4 is 18.4 Å². The third-order valence-electron chi connectivity index (χ3n) is 3.46. The standard InChI is InChI=1S/C9H14FNO3.ClH/c10-9(7(12)13)6-11-5-8(9)1-3-14-4-2-8;/h11H,1-6H2,(H,12,13);1H. The molecule has 1 atom stereocenters. The van der Waals surface area contributed by atoms with E-state index in [-0.39, 0.29) is 19.0 Å². The Labute approximate surface area is 93.6 Å². The number of rotatable bonds is 1. The number of carboxylic acid groups (broad SMARTS) is 1. The van der Waals surface area contributed by atoms with Gasteiger partial charge in [-0.15, -0.1) is 12.4 Å². The number of ether oxygens (including phenoxy) is 1. The Morgan fingerprint density at radius 3 is 2.47 bits per heavy atom. The molecule has 0 amide bonds. The molecule has 1 unspecified atom stereocenters. The van der Waals surface area contributed by atoms with Crippen LogP contribution in [0.25, 0.3) is 0 Å². The van der Waals surface area contributed by atoms with Crippen molar-refractivity contribution in [1.82, 2.24) is 5.32 Å². The molecule has 0 aromatic rings. The Hall–Kier alpha value is -0.390. The second-order valence-corrected chi connectivity index (χ2v) is 4.10. The van der Waals surface area contributed by atoms with Crippen molar-refractivity contribution in [2.24, 2.45) is 5.41 Å². The molecule has 2 saturated heterocycles. The first-order valence-electron chi connectivity index (χ1n) is 4.82. The maximum Gasteiger partial charge on any atom is 0.343 e. The van der Waals surface area contributed by atoms with Gasteiger partial charge in [-0.2, -0.15) is 0 Å². The third-order valence-corrected chi connectivity index (χ3v) is 3.46. The summed E-state index contributed by atoms with van der Waals surface area (Å²) in [6.45, 7) is 1.28. The van der Waals surface area contributed by atoms with Gasteiger partial charge in [0.1, 0.15) is 0 Å². The van der Waals surface area contributed by atoms with Crippen LogP contribution >= 0.6 is 12.4 Å². The van der Waals surface area contributed by atoms with Crippen LogP contribution in [-0.4, -0.2) is 43.0 Å². The summed E-state index contributed by atoms with van der Waals surface area (Å²) in [5.41, 5.74) is -2.87. The fraction of sp³-hybridized carbons (Fsp3) is 0.889. The van der Waals surface area contributed by atoms with Crippen molar-refractivity contribution < 1.29 is 19.0 Å². The topological polar surface area (TPSA) is 58.6 Å². The Kier molecular flexibility index (Phi) is 3.58. The molecular formula is C9H15ClFNO3. The van der Waals surface area contributed by atoms with Crippen LogP contribution in [0, 0.1) is 5.41 Å². The van der Waals surface area contributed by atoms with E-state index in [1.54, 1.807) is 0 Å². The van der Waals surface area contributed by atoms with Crippen LogP contribution < -0.4 is 5.32 Å². The lowest BCUT2D eigenvalue weighted by molar-refractivity contribution is -0.162. The summed E-state index contributed by atoms with van der Waals surface area (Å²) < 4.78 is 19.4. The van der Waals surface area contributed by atoms with Gasteiger partial charge in [0.2, 0.25) is 5.67 Å². The van der Waals surface area contributed by atoms with E-state index in [9.17, 15) is 9.18 Å². The van der Waals surface area contributed by atoms with Crippen LogP contribution in [0.5, 0.6) is 0 Å². The SMILES string of the molecule is Cl.O=C(O)C1(F)CNCC12CCOCC2. The fourth-order valence-electron chi connectivity index (χ4n) is 2.44. The highest BCUT2D eigenvalue weighted by molar-refractivity contribution is 5.85. The highest BCUT2D eigenvalue weighted by Gasteiger charge is 2.61. The molecule has 2 aliphatic heterocycles. The average molecular weight is 240 g/mol. The van der Waals surface area contributed by atoms with Crippen molar-refractivity contribution in [1.29, 1.82) is 0 Å². The molecule has 2 rings (SSSR count). The first-order chi connectivity index (χ1) is 6.61. The smallest absolute Gasteiger partial charge is 0.343 e. The first kappa shape index (κ1) is 12.7. The van der Waals surface area contributed by atoms with E-state index < -0.39 is 17.1 Å². The minimum atomic E-state index is -2.11. The van der Waals surface area contributed by atoms with Crippen LogP contribution in [0.15, 0.2) is 0 Å². The molecule has 2 N–H and O–H groups in total. The normalized spacial score (nSPS) is 33.7. The van der Waals surface area contributed by atoms with Crippen molar-refractivity contribution in [3.8, 4) is 0 Å². The Morgan fingerprint density at radius 1 is 1.33 bits per heavy atom. The van der Waals surface area contributed by atoms with Crippen LogP contribution in [0.3, 0.4) is 0 Å². The maximum atomic E-state index is 14.3. The van der Waals surface area contributed by atoms with Gasteiger partial charge in [0, 0.05) is 31.7 Å². The molecule has 2 fully saturated rings. The molecule has 2 heterocycles. The average Bonchev–Trinajstić information content (AvgIpc) is 2.47. The summed E-state index contributed by atoms with van der Waals surface area (Å²) in [7, 11) is 0. The molecular weight excluding hydrogens is 225 g/mol. The Bertz CT molecular complexity index is 258. The van der Waals surface area contributed by atoms with Gasteiger partial charge in [-0.05, 0) is 12.8 Å². The number of nitrogens with one attached hydrogen (secondary N) is 1. The quantitative estimate of drug-likeness (QED) is 0.704. The van der Waals surface area contributed by atoms with Gasteiger partial charge in [0.25, 0.3) is 0 Å². The van der Waals surface area contributed by atoms with E-state index in [0.29, 0.717) is 32.6 Å². The minimum Gasteiger partial charge on any atom is -0.479 e. The van der Waals surface area contributed by atoms with E-state index in [2.05, 4.69) is 5.32 Å². The molecule has 0 aromatic carbocycles. The summed E-state index contributed by atoms with van der Waals surface area (Å²) in [6, 6.07) is 0. The van der Waals surface area contributed by atoms with Crippen LogP contribution in [0.1, 0.15) is 12.8 Å². The Balaban J connectivity index is 0.00000112. The number of aliphatic carboxylic acids is 1. The second-order valence-electron chi connectivity index (χ2n) is 4.10. The highest BCUT2D eigenvalue weighted by Crippen LogP contribution is 2.46. The lowest BCUT2D eigenvalue weighted by atomic mass is 9.70. The van der Waals surface area contributed by atoms with Gasteiger partial charge in [-0.3, -0.25) is 0 Å². The van der Waals surface area contributed by atoms with Gasteiger partial charge in [0.15, 0.2) is 0 Å². The summed E-state index contributed by atoms with van der Waals surface area (Å²) in [5.74, 6) is -1.34. The largest absolute Gasteiger partial charge is 0.479 e. The number of alkyl halides is 1. The summed E-state index contributed by atoms with van der Waals surface area (Å²) in [5, 5.41) is 11.8. The lowest BCUT2D eigenvalue weighted by Gasteiger charge is -2.39. The molecule has 88 valence electrons. The zero-order valence-electron chi connectivity index (χ0n) is 8.29. The molecule has 0 aromatic heterocycles. The fourth-order valence-corrected chi connectivity index (χ4v) is 2.44. The van der Waals surface area contributed by atoms with Crippen molar-refractivity contribution in [3.63, 3.8) is 0 Å². The molecule has 1 spiro atoms. The zero-order valence-corrected chi connectivity index (χ0v) is 9.11. The number of carbonyl (C=O) groups is 1. The number of hydrogen-bond donors (Lipinski definition) is 2. The van der Waals surface area contributed by atoms with E-state index in [4.69, 9.17) is 9.84 Å². The van der Waals surface area contributed by atoms with Crippen molar-refractivity contribution in [2.45, 2.75) is 18.5 Å². The number of halogens is 2. The molecule has 4 nitrogen and oxygen atoms in total. The van der Waals surface area contributed by atoms with E-state index in [0.717, 1.165) is 0 Å². The summed E-state index contributed by atoms with van der Waals surface area (Å²) in [4.78, 5) is 10.9. The molecule has 0 saturated carbocycles. The molecule has 2 aliphatic rings. The van der Waals surface area contributed by atoms with Gasteiger partial charge in [0.05, 0.1) is 0 Å². The van der Waals surface area contributed by atoms with Crippen LogP contribution in [-0.2, 0) is 9.53 Å². The van der Waals surface area contributed by atoms with E-state index in [1.165, 1.54) is 0 Å². The van der Waals surface area contributed by atoms with Crippen LogP contribution in [0.2, 0.25) is 0 Å². The number of hydrogen-bond acceptors (Lipinski definition) is 3. The monoisotopic (exact) mass is 239 g/mol. The minimum absolute atomic E-state index is 0. The molecule has 6 heteroatoms. The molecule has 0 aliphatic carbocycles. The predicted octanol–water partition coefficient (Wildman–Crippen LogP) is 0.601. The van der Waals surface area contributed by atoms with Crippen molar-refractivity contribution in [2.75, 3.05) is 26.3 Å². The third kappa shape index (κ3) is 1.73. The van der Waals surface area contributed by atoms with Gasteiger partial charge in [-0.25, -0.2) is 9.18 Å². The van der Waals surface area contributed by atoms with Gasteiger partial charge >= 0.3 is 5.97 Å². The predicted molar refractivity (Wildman–Crippen MR) is 54.1 cm³/mol. The van der Waals surface area contributed by atoms with E-state index >= 15 is 0 Å². The summed E-state index contributed by atoms with van der Waals surface area (Å²) >= 11 is 0. The molecule has 0 bridgehead atoms. The highest BCUT2D eigenvalue weighted by atomic mass is 35.5. The van der Waals surface area contributed by atoms with Gasteiger partial charge in [-0.1, -0.05) is 0 Å². The molecule has 0 radical (unpaired) electrons. The van der Waals surface area contributed by atoms with Crippen LogP contribution in [0.4, 0.5) is 4.39 Å². The van der Waals surface area contributed by atoms with Crippen molar-refractivity contribution in [3.05, 3.63) is 0 Å². The van der Waals surface area contributed by atoms with E-state index in [1.807, 2.05) is 0 Å². The molecule has 15 heavy (non-hydrogen) atoms. The first-order valence-corrected chi connectivity index (χ1v) is 4.82. The second kappa shape index (κ2) is 4.23. The summed E-state index contributed by atoms with van der Waals surface area (Å²) in [6.07, 6.45) is 0.978. The number of carboxylic acids is 1. The Morgan fingerprint density at radius 2 is 1.93 bits per heavy atom. The maximum absolute atomic E-state index is 14.3. The zero-order chi connectivity index (χ0) is 10.2.